The minimum absolute atomic E-state index is 0.00269. The van der Waals surface area contributed by atoms with Crippen LogP contribution >= 0.6 is 0 Å². The Morgan fingerprint density at radius 2 is 2.35 bits per heavy atom. The van der Waals surface area contributed by atoms with E-state index in [0.717, 1.165) is 18.1 Å². The predicted molar refractivity (Wildman–Crippen MR) is 59.7 cm³/mol. The number of rotatable bonds is 3. The fraction of sp³-hybridized carbons (Fsp3) is 0.700. The highest BCUT2D eigenvalue weighted by Crippen LogP contribution is 2.21. The molecule has 0 bridgehead atoms. The Morgan fingerprint density at radius 3 is 2.94 bits per heavy atom. The van der Waals surface area contributed by atoms with Gasteiger partial charge in [-0.15, -0.1) is 0 Å². The molecule has 1 aliphatic rings. The van der Waals surface area contributed by atoms with Crippen LogP contribution in [-0.2, 0) is 16.1 Å². The maximum atomic E-state index is 11.3. The quantitative estimate of drug-likeness (QED) is 0.418. The third-order valence-corrected chi connectivity index (χ3v) is 2.88. The molecular weight excluding hydrogens is 222 g/mol. The second-order valence-corrected chi connectivity index (χ2v) is 4.22. The minimum Gasteiger partial charge on any atom is -0.363 e. The van der Waals surface area contributed by atoms with E-state index in [0.29, 0.717) is 13.0 Å². The first-order valence-electron chi connectivity index (χ1n) is 5.64. The summed E-state index contributed by atoms with van der Waals surface area (Å²) in [6, 6.07) is 0. The highest BCUT2D eigenvalue weighted by Gasteiger charge is 2.30. The topological polar surface area (TPSA) is 95.1 Å². The van der Waals surface area contributed by atoms with Gasteiger partial charge in [0.2, 0.25) is 0 Å². The molecule has 1 amide bonds. The molecule has 0 aromatic carbocycles. The third kappa shape index (κ3) is 2.62. The van der Waals surface area contributed by atoms with Crippen LogP contribution in [0.3, 0.4) is 0 Å². The van der Waals surface area contributed by atoms with Crippen LogP contribution in [0.1, 0.15) is 24.5 Å². The molecule has 0 saturated carbocycles. The summed E-state index contributed by atoms with van der Waals surface area (Å²) in [7, 11) is 0. The molecule has 17 heavy (non-hydrogen) atoms. The van der Waals surface area contributed by atoms with E-state index >= 15 is 0 Å². The molecular formula is C10H17N5O2. The molecule has 2 atom stereocenters. The second kappa shape index (κ2) is 4.80. The van der Waals surface area contributed by atoms with Gasteiger partial charge in [-0.25, -0.2) is 15.5 Å². The number of aryl methyl sites for hydroxylation is 2. The van der Waals surface area contributed by atoms with Crippen LogP contribution in [0.4, 0.5) is 0 Å². The summed E-state index contributed by atoms with van der Waals surface area (Å²) in [5.74, 6) is 6.41. The van der Waals surface area contributed by atoms with Gasteiger partial charge in [0, 0.05) is 0 Å². The number of hydrogen-bond acceptors (Lipinski definition) is 5. The fourth-order valence-electron chi connectivity index (χ4n) is 2.05. The molecule has 0 aliphatic carbocycles. The monoisotopic (exact) mass is 239 g/mol. The van der Waals surface area contributed by atoms with E-state index in [1.807, 2.05) is 18.5 Å². The lowest BCUT2D eigenvalue weighted by atomic mass is 10.2. The molecule has 7 nitrogen and oxygen atoms in total. The molecule has 7 heteroatoms. The Bertz CT molecular complexity index is 417. The molecule has 2 heterocycles. The van der Waals surface area contributed by atoms with Crippen molar-refractivity contribution in [3.05, 3.63) is 11.6 Å². The molecule has 1 saturated heterocycles. The first kappa shape index (κ1) is 12.0. The van der Waals surface area contributed by atoms with Gasteiger partial charge in [0.05, 0.1) is 12.6 Å². The Balaban J connectivity index is 1.94. The number of hydrazine groups is 1. The summed E-state index contributed by atoms with van der Waals surface area (Å²) >= 11 is 0. The summed E-state index contributed by atoms with van der Waals surface area (Å²) in [6.45, 7) is 4.38. The zero-order valence-corrected chi connectivity index (χ0v) is 10.0. The van der Waals surface area contributed by atoms with Crippen molar-refractivity contribution < 1.29 is 9.53 Å². The second-order valence-electron chi connectivity index (χ2n) is 4.22. The van der Waals surface area contributed by atoms with E-state index < -0.39 is 6.10 Å². The van der Waals surface area contributed by atoms with Gasteiger partial charge in [-0.05, 0) is 26.7 Å². The maximum Gasteiger partial charge on any atom is 0.263 e. The molecule has 1 aliphatic heterocycles. The van der Waals surface area contributed by atoms with E-state index in [4.69, 9.17) is 10.6 Å². The lowest BCUT2D eigenvalue weighted by molar-refractivity contribution is -0.132. The summed E-state index contributed by atoms with van der Waals surface area (Å²) in [5.41, 5.74) is 2.11. The lowest BCUT2D eigenvalue weighted by Gasteiger charge is -2.12. The average Bonchev–Trinajstić information content (AvgIpc) is 2.86. The third-order valence-electron chi connectivity index (χ3n) is 2.88. The molecule has 1 aromatic rings. The number of nitrogens with two attached hydrogens (primary N) is 1. The van der Waals surface area contributed by atoms with Crippen LogP contribution in [-0.4, -0.2) is 32.9 Å². The van der Waals surface area contributed by atoms with Crippen molar-refractivity contribution >= 4 is 5.91 Å². The minimum atomic E-state index is -0.435. The first-order chi connectivity index (χ1) is 8.10. The van der Waals surface area contributed by atoms with Gasteiger partial charge >= 0.3 is 0 Å². The Kier molecular flexibility index (Phi) is 3.39. The van der Waals surface area contributed by atoms with Crippen molar-refractivity contribution in [2.45, 2.75) is 45.4 Å². The van der Waals surface area contributed by atoms with Gasteiger partial charge in [0.25, 0.3) is 5.91 Å². The number of ether oxygens (including phenoxy) is 1. The van der Waals surface area contributed by atoms with Gasteiger partial charge in [-0.1, -0.05) is 0 Å². The zero-order chi connectivity index (χ0) is 12.4. The van der Waals surface area contributed by atoms with Crippen molar-refractivity contribution in [2.24, 2.45) is 5.84 Å². The van der Waals surface area contributed by atoms with Crippen LogP contribution < -0.4 is 11.3 Å². The van der Waals surface area contributed by atoms with Crippen molar-refractivity contribution in [2.75, 3.05) is 0 Å². The van der Waals surface area contributed by atoms with Gasteiger partial charge in [0.15, 0.2) is 0 Å². The molecule has 94 valence electrons. The van der Waals surface area contributed by atoms with E-state index in [9.17, 15) is 4.79 Å². The molecule has 1 aromatic heterocycles. The number of nitrogens with zero attached hydrogens (tertiary/aromatic N) is 3. The normalized spacial score (nSPS) is 23.9. The van der Waals surface area contributed by atoms with Crippen molar-refractivity contribution in [3.63, 3.8) is 0 Å². The van der Waals surface area contributed by atoms with Crippen LogP contribution in [0, 0.1) is 13.8 Å². The maximum absolute atomic E-state index is 11.3. The standard InChI is InChI=1S/C10H17N5O2/c1-6-12-7(2)15(14-6)5-8-3-4-9(17-8)10(16)13-11/h8-9H,3-5,11H2,1-2H3,(H,13,16). The van der Waals surface area contributed by atoms with Gasteiger partial charge < -0.3 is 4.74 Å². The lowest BCUT2D eigenvalue weighted by Crippen LogP contribution is -2.39. The number of hydrogen-bond donors (Lipinski definition) is 2. The molecule has 3 N–H and O–H groups in total. The fourth-order valence-corrected chi connectivity index (χ4v) is 2.05. The SMILES string of the molecule is Cc1nc(C)n(CC2CCC(C(=O)NN)O2)n1. The molecule has 1 fully saturated rings. The smallest absolute Gasteiger partial charge is 0.263 e. The van der Waals surface area contributed by atoms with Crippen LogP contribution in [0.25, 0.3) is 0 Å². The van der Waals surface area contributed by atoms with Gasteiger partial charge in [-0.2, -0.15) is 5.10 Å². The number of carbonyl (C=O) groups is 1. The molecule has 2 unspecified atom stereocenters. The first-order valence-corrected chi connectivity index (χ1v) is 5.64. The van der Waals surface area contributed by atoms with E-state index in [-0.39, 0.29) is 12.0 Å². The number of amides is 1. The zero-order valence-electron chi connectivity index (χ0n) is 10.0. The summed E-state index contributed by atoms with van der Waals surface area (Å²) in [6.07, 6.45) is 1.09. The van der Waals surface area contributed by atoms with Crippen LogP contribution in [0.5, 0.6) is 0 Å². The summed E-state index contributed by atoms with van der Waals surface area (Å²) in [4.78, 5) is 15.5. The molecule has 0 radical (unpaired) electrons. The highest BCUT2D eigenvalue weighted by atomic mass is 16.5. The van der Waals surface area contributed by atoms with E-state index in [2.05, 4.69) is 15.5 Å². The van der Waals surface area contributed by atoms with Crippen molar-refractivity contribution in [3.8, 4) is 0 Å². The molecule has 0 spiro atoms. The summed E-state index contributed by atoms with van der Waals surface area (Å²) in [5, 5.41) is 4.26. The van der Waals surface area contributed by atoms with Gasteiger partial charge in [0.1, 0.15) is 17.8 Å². The van der Waals surface area contributed by atoms with Crippen molar-refractivity contribution in [1.29, 1.82) is 0 Å². The van der Waals surface area contributed by atoms with Crippen LogP contribution in [0.15, 0.2) is 0 Å². The largest absolute Gasteiger partial charge is 0.363 e. The van der Waals surface area contributed by atoms with Crippen molar-refractivity contribution in [1.82, 2.24) is 20.2 Å². The summed E-state index contributed by atoms with van der Waals surface area (Å²) < 4.78 is 7.41. The van der Waals surface area contributed by atoms with Crippen LogP contribution in [0.2, 0.25) is 0 Å². The number of aromatic nitrogens is 3. The average molecular weight is 239 g/mol. The predicted octanol–water partition coefficient (Wildman–Crippen LogP) is -0.568. The number of nitrogens with one attached hydrogen (secondary N) is 1. The highest BCUT2D eigenvalue weighted by molar-refractivity contribution is 5.80. The number of carbonyl (C=O) groups excluding carboxylic acids is 1. The Hall–Kier alpha value is -1.47. The molecule has 2 rings (SSSR count). The Labute approximate surface area is 99.3 Å². The van der Waals surface area contributed by atoms with E-state index in [1.54, 1.807) is 0 Å². The Morgan fingerprint density at radius 1 is 1.59 bits per heavy atom. The van der Waals surface area contributed by atoms with E-state index in [1.165, 1.54) is 0 Å². The van der Waals surface area contributed by atoms with Gasteiger partial charge in [-0.3, -0.25) is 10.2 Å².